The first kappa shape index (κ1) is 17.1. The van der Waals surface area contributed by atoms with Crippen LogP contribution in [0.1, 0.15) is 19.3 Å². The molecule has 0 bridgehead atoms. The largest absolute Gasteiger partial charge is 0.493 e. The van der Waals surface area contributed by atoms with Gasteiger partial charge >= 0.3 is 5.97 Å². The summed E-state index contributed by atoms with van der Waals surface area (Å²) in [5, 5.41) is 0. The predicted octanol–water partition coefficient (Wildman–Crippen LogP) is 2.04. The SMILES string of the molecule is O=C(OCCCOc1ccccc1)C1CCOCC1.[Li]. The van der Waals surface area contributed by atoms with E-state index in [0.29, 0.717) is 32.8 Å². The second-order valence-corrected chi connectivity index (χ2v) is 4.57. The normalized spacial score (nSPS) is 15.2. The smallest absolute Gasteiger partial charge is 0.309 e. The second kappa shape index (κ2) is 9.87. The molecule has 0 amide bonds. The van der Waals surface area contributed by atoms with Crippen LogP contribution in [-0.4, -0.2) is 51.3 Å². The molecule has 1 fully saturated rings. The molecule has 0 aliphatic carbocycles. The quantitative estimate of drug-likeness (QED) is 0.451. The molecule has 0 aromatic heterocycles. The van der Waals surface area contributed by atoms with Gasteiger partial charge in [0.1, 0.15) is 5.75 Å². The van der Waals surface area contributed by atoms with Gasteiger partial charge in [-0.05, 0) is 25.0 Å². The van der Waals surface area contributed by atoms with Crippen LogP contribution in [0.2, 0.25) is 0 Å². The molecule has 20 heavy (non-hydrogen) atoms. The summed E-state index contributed by atoms with van der Waals surface area (Å²) >= 11 is 0. The number of rotatable bonds is 6. The van der Waals surface area contributed by atoms with Crippen LogP contribution in [0.25, 0.3) is 0 Å². The van der Waals surface area contributed by atoms with E-state index in [9.17, 15) is 4.79 Å². The predicted molar refractivity (Wildman–Crippen MR) is 76.8 cm³/mol. The molecule has 1 aromatic rings. The summed E-state index contributed by atoms with van der Waals surface area (Å²) in [7, 11) is 0. The average Bonchev–Trinajstić information content (AvgIpc) is 2.49. The van der Waals surface area contributed by atoms with Crippen LogP contribution in [0.3, 0.4) is 0 Å². The number of hydrogen-bond donors (Lipinski definition) is 0. The molecule has 1 radical (unpaired) electrons. The Labute approximate surface area is 132 Å². The van der Waals surface area contributed by atoms with Gasteiger partial charge in [0, 0.05) is 38.5 Å². The number of carbonyl (C=O) groups excluding carboxylic acids is 1. The number of ether oxygens (including phenoxy) is 3. The Morgan fingerprint density at radius 3 is 2.55 bits per heavy atom. The van der Waals surface area contributed by atoms with Crippen LogP contribution in [0.15, 0.2) is 30.3 Å². The number of hydrogen-bond acceptors (Lipinski definition) is 4. The molecule has 1 aromatic carbocycles. The third kappa shape index (κ3) is 6.00. The van der Waals surface area contributed by atoms with E-state index < -0.39 is 0 Å². The molecule has 0 atom stereocenters. The third-order valence-electron chi connectivity index (χ3n) is 3.10. The first-order chi connectivity index (χ1) is 9.36. The number of para-hydroxylation sites is 1. The second-order valence-electron chi connectivity index (χ2n) is 4.57. The molecule has 0 N–H and O–H groups in total. The van der Waals surface area contributed by atoms with Crippen molar-refractivity contribution in [2.24, 2.45) is 5.92 Å². The van der Waals surface area contributed by atoms with Crippen molar-refractivity contribution in [3.8, 4) is 5.75 Å². The number of benzene rings is 1. The summed E-state index contributed by atoms with van der Waals surface area (Å²) in [6.45, 7) is 2.31. The minimum atomic E-state index is -0.0944. The fourth-order valence-electron chi connectivity index (χ4n) is 1.99. The zero-order valence-corrected chi connectivity index (χ0v) is 12.0. The monoisotopic (exact) mass is 271 g/mol. The minimum absolute atomic E-state index is 0. The van der Waals surface area contributed by atoms with E-state index in [4.69, 9.17) is 14.2 Å². The average molecular weight is 271 g/mol. The van der Waals surface area contributed by atoms with Gasteiger partial charge in [-0.25, -0.2) is 0 Å². The van der Waals surface area contributed by atoms with Crippen molar-refractivity contribution < 1.29 is 19.0 Å². The molecular formula is C15H20LiO4. The summed E-state index contributed by atoms with van der Waals surface area (Å²) in [5.74, 6) is 0.769. The van der Waals surface area contributed by atoms with E-state index in [1.807, 2.05) is 30.3 Å². The van der Waals surface area contributed by atoms with Crippen molar-refractivity contribution in [1.29, 1.82) is 0 Å². The molecule has 1 heterocycles. The van der Waals surface area contributed by atoms with Crippen LogP contribution in [0.5, 0.6) is 5.75 Å². The molecule has 105 valence electrons. The molecular weight excluding hydrogens is 251 g/mol. The van der Waals surface area contributed by atoms with Crippen LogP contribution >= 0.6 is 0 Å². The zero-order chi connectivity index (χ0) is 13.3. The Hall–Kier alpha value is -0.953. The van der Waals surface area contributed by atoms with Gasteiger partial charge in [0.25, 0.3) is 0 Å². The van der Waals surface area contributed by atoms with Crippen molar-refractivity contribution in [3.05, 3.63) is 30.3 Å². The molecule has 1 aliphatic rings. The van der Waals surface area contributed by atoms with Gasteiger partial charge < -0.3 is 14.2 Å². The molecule has 0 spiro atoms. The van der Waals surface area contributed by atoms with E-state index in [-0.39, 0.29) is 30.7 Å². The van der Waals surface area contributed by atoms with Crippen molar-refractivity contribution in [3.63, 3.8) is 0 Å². The first-order valence-corrected chi connectivity index (χ1v) is 6.78. The fraction of sp³-hybridized carbons (Fsp3) is 0.533. The first-order valence-electron chi connectivity index (χ1n) is 6.78. The molecule has 0 unspecified atom stereocenters. The van der Waals surface area contributed by atoms with Gasteiger partial charge in [-0.15, -0.1) is 0 Å². The summed E-state index contributed by atoms with van der Waals surface area (Å²) in [5.41, 5.74) is 0. The summed E-state index contributed by atoms with van der Waals surface area (Å²) in [6, 6.07) is 9.63. The van der Waals surface area contributed by atoms with Crippen molar-refractivity contribution >= 4 is 24.8 Å². The Bertz CT molecular complexity index is 377. The van der Waals surface area contributed by atoms with Gasteiger partial charge in [-0.2, -0.15) is 0 Å². The van der Waals surface area contributed by atoms with E-state index in [2.05, 4.69) is 0 Å². The van der Waals surface area contributed by atoms with Crippen molar-refractivity contribution in [1.82, 2.24) is 0 Å². The van der Waals surface area contributed by atoms with Crippen molar-refractivity contribution in [2.45, 2.75) is 19.3 Å². The van der Waals surface area contributed by atoms with Crippen molar-refractivity contribution in [2.75, 3.05) is 26.4 Å². The van der Waals surface area contributed by atoms with Gasteiger partial charge in [0.05, 0.1) is 19.1 Å². The maximum atomic E-state index is 11.7. The molecule has 4 nitrogen and oxygen atoms in total. The van der Waals surface area contributed by atoms with Crippen LogP contribution in [0.4, 0.5) is 0 Å². The van der Waals surface area contributed by atoms with E-state index in [0.717, 1.165) is 18.6 Å². The molecule has 1 aliphatic heterocycles. The maximum absolute atomic E-state index is 11.7. The third-order valence-corrected chi connectivity index (χ3v) is 3.10. The molecule has 5 heteroatoms. The topological polar surface area (TPSA) is 44.8 Å². The van der Waals surface area contributed by atoms with Gasteiger partial charge in [-0.3, -0.25) is 4.79 Å². The Morgan fingerprint density at radius 1 is 1.15 bits per heavy atom. The van der Waals surface area contributed by atoms with E-state index >= 15 is 0 Å². The summed E-state index contributed by atoms with van der Waals surface area (Å²) in [6.07, 6.45) is 2.27. The zero-order valence-electron chi connectivity index (χ0n) is 12.0. The Morgan fingerprint density at radius 2 is 1.85 bits per heavy atom. The van der Waals surface area contributed by atoms with Gasteiger partial charge in [0.15, 0.2) is 0 Å². The van der Waals surface area contributed by atoms with Crippen LogP contribution in [0, 0.1) is 5.92 Å². The van der Waals surface area contributed by atoms with Crippen LogP contribution < -0.4 is 4.74 Å². The van der Waals surface area contributed by atoms with Gasteiger partial charge in [-0.1, -0.05) is 18.2 Å². The molecule has 2 rings (SSSR count). The fourth-order valence-corrected chi connectivity index (χ4v) is 1.99. The van der Waals surface area contributed by atoms with Gasteiger partial charge in [0.2, 0.25) is 0 Å². The standard InChI is InChI=1S/C15H20O4.Li/c16-15(13-7-11-17-12-8-13)19-10-4-9-18-14-5-2-1-3-6-14;/h1-3,5-6,13H,4,7-12H2;. The molecule has 0 saturated carbocycles. The Kier molecular flexibility index (Phi) is 8.44. The minimum Gasteiger partial charge on any atom is -0.493 e. The van der Waals surface area contributed by atoms with E-state index in [1.54, 1.807) is 0 Å². The summed E-state index contributed by atoms with van der Waals surface area (Å²) in [4.78, 5) is 11.7. The number of carbonyl (C=O) groups is 1. The Balaban J connectivity index is 0.00000200. The van der Waals surface area contributed by atoms with E-state index in [1.165, 1.54) is 0 Å². The summed E-state index contributed by atoms with van der Waals surface area (Å²) < 4.78 is 16.0. The molecule has 1 saturated heterocycles. The maximum Gasteiger partial charge on any atom is 0.309 e. The number of esters is 1. The van der Waals surface area contributed by atoms with Crippen LogP contribution in [-0.2, 0) is 14.3 Å².